The average molecular weight is 205 g/mol. The van der Waals surface area contributed by atoms with Gasteiger partial charge < -0.3 is 9.84 Å². The van der Waals surface area contributed by atoms with Crippen LogP contribution in [0.4, 0.5) is 0 Å². The molecule has 6 heteroatoms. The number of hydrogen-bond donors (Lipinski definition) is 1. The normalized spacial score (nSPS) is 16.9. The van der Waals surface area contributed by atoms with Crippen LogP contribution in [0, 0.1) is 16.0 Å². The van der Waals surface area contributed by atoms with Crippen LogP contribution in [0.3, 0.4) is 0 Å². The summed E-state index contributed by atoms with van der Waals surface area (Å²) in [7, 11) is 0. The van der Waals surface area contributed by atoms with E-state index in [-0.39, 0.29) is 6.61 Å². The molecular weight excluding hydrogens is 190 g/mol. The summed E-state index contributed by atoms with van der Waals surface area (Å²) in [6.45, 7) is 3.80. The van der Waals surface area contributed by atoms with Crippen molar-refractivity contribution in [2.24, 2.45) is 5.92 Å². The Bertz CT molecular complexity index is 226. The summed E-state index contributed by atoms with van der Waals surface area (Å²) < 4.78 is 4.65. The standard InChI is InChI=1S/C8H15NO5/c1-4-14-7(10)6(2)8(3,11)5-9(12)13/h6,11H,4-5H2,1-3H3/t6-,8-/m1/s1. The number of carbonyl (C=O) groups is 1. The SMILES string of the molecule is CCOC(=O)[C@@H](C)[C@](C)(O)C[N+](=O)[O-]. The number of aliphatic hydroxyl groups is 1. The van der Waals surface area contributed by atoms with Crippen LogP contribution in [-0.2, 0) is 9.53 Å². The van der Waals surface area contributed by atoms with Crippen molar-refractivity contribution in [2.75, 3.05) is 13.2 Å². The van der Waals surface area contributed by atoms with Gasteiger partial charge in [-0.2, -0.15) is 0 Å². The van der Waals surface area contributed by atoms with Crippen molar-refractivity contribution in [3.63, 3.8) is 0 Å². The van der Waals surface area contributed by atoms with Crippen molar-refractivity contribution in [1.29, 1.82) is 0 Å². The molecule has 0 aliphatic rings. The van der Waals surface area contributed by atoms with Crippen LogP contribution < -0.4 is 0 Å². The highest BCUT2D eigenvalue weighted by molar-refractivity contribution is 5.73. The molecule has 0 aromatic heterocycles. The van der Waals surface area contributed by atoms with Gasteiger partial charge in [-0.05, 0) is 20.8 Å². The Morgan fingerprint density at radius 3 is 2.57 bits per heavy atom. The molecule has 0 bridgehead atoms. The molecular formula is C8H15NO5. The summed E-state index contributed by atoms with van der Waals surface area (Å²) >= 11 is 0. The average Bonchev–Trinajstić information content (AvgIpc) is 2.01. The Balaban J connectivity index is 4.40. The van der Waals surface area contributed by atoms with Crippen LogP contribution in [0.5, 0.6) is 0 Å². The van der Waals surface area contributed by atoms with Crippen molar-refractivity contribution in [3.8, 4) is 0 Å². The van der Waals surface area contributed by atoms with Gasteiger partial charge in [0.1, 0.15) is 5.60 Å². The van der Waals surface area contributed by atoms with Crippen molar-refractivity contribution in [2.45, 2.75) is 26.4 Å². The second-order valence-electron chi connectivity index (χ2n) is 3.32. The largest absolute Gasteiger partial charge is 0.466 e. The Hall–Kier alpha value is -1.17. The van der Waals surface area contributed by atoms with Crippen LogP contribution in [0.2, 0.25) is 0 Å². The van der Waals surface area contributed by atoms with E-state index >= 15 is 0 Å². The number of carbonyl (C=O) groups excluding carboxylic acids is 1. The summed E-state index contributed by atoms with van der Waals surface area (Å²) in [5.74, 6) is -1.53. The smallest absolute Gasteiger partial charge is 0.311 e. The molecule has 2 atom stereocenters. The highest BCUT2D eigenvalue weighted by atomic mass is 16.6. The predicted molar refractivity (Wildman–Crippen MR) is 48.3 cm³/mol. The first kappa shape index (κ1) is 12.8. The van der Waals surface area contributed by atoms with Gasteiger partial charge in [0.05, 0.1) is 12.5 Å². The molecule has 0 saturated heterocycles. The van der Waals surface area contributed by atoms with Gasteiger partial charge >= 0.3 is 5.97 Å². The molecule has 1 N–H and O–H groups in total. The quantitative estimate of drug-likeness (QED) is 0.393. The minimum Gasteiger partial charge on any atom is -0.466 e. The number of nitro groups is 1. The molecule has 0 amide bonds. The first-order valence-electron chi connectivity index (χ1n) is 4.32. The van der Waals surface area contributed by atoms with E-state index in [0.29, 0.717) is 0 Å². The van der Waals surface area contributed by atoms with E-state index in [1.165, 1.54) is 13.8 Å². The lowest BCUT2D eigenvalue weighted by atomic mass is 9.91. The predicted octanol–water partition coefficient (Wildman–Crippen LogP) is 0.213. The number of rotatable bonds is 5. The van der Waals surface area contributed by atoms with Crippen molar-refractivity contribution in [1.82, 2.24) is 0 Å². The van der Waals surface area contributed by atoms with Gasteiger partial charge in [-0.25, -0.2) is 0 Å². The maximum absolute atomic E-state index is 11.2. The summed E-state index contributed by atoms with van der Waals surface area (Å²) in [5, 5.41) is 19.8. The number of hydrogen-bond acceptors (Lipinski definition) is 5. The van der Waals surface area contributed by atoms with E-state index < -0.39 is 29.0 Å². The van der Waals surface area contributed by atoms with E-state index in [0.717, 1.165) is 0 Å². The molecule has 0 radical (unpaired) electrons. The van der Waals surface area contributed by atoms with E-state index in [9.17, 15) is 20.0 Å². The van der Waals surface area contributed by atoms with Crippen LogP contribution >= 0.6 is 0 Å². The minimum atomic E-state index is -1.67. The molecule has 82 valence electrons. The zero-order chi connectivity index (χ0) is 11.4. The topological polar surface area (TPSA) is 89.7 Å². The fraction of sp³-hybridized carbons (Fsp3) is 0.875. The molecule has 0 aromatic rings. The third-order valence-corrected chi connectivity index (χ3v) is 2.02. The zero-order valence-corrected chi connectivity index (χ0v) is 8.52. The summed E-state index contributed by atoms with van der Waals surface area (Å²) in [4.78, 5) is 20.7. The first-order chi connectivity index (χ1) is 6.31. The third-order valence-electron chi connectivity index (χ3n) is 2.02. The highest BCUT2D eigenvalue weighted by Gasteiger charge is 2.39. The Morgan fingerprint density at radius 2 is 2.21 bits per heavy atom. The Morgan fingerprint density at radius 1 is 1.71 bits per heavy atom. The van der Waals surface area contributed by atoms with Gasteiger partial charge in [0.25, 0.3) is 0 Å². The van der Waals surface area contributed by atoms with Crippen LogP contribution in [0.1, 0.15) is 20.8 Å². The Labute approximate surface area is 82.0 Å². The monoisotopic (exact) mass is 205 g/mol. The highest BCUT2D eigenvalue weighted by Crippen LogP contribution is 2.18. The van der Waals surface area contributed by atoms with Gasteiger partial charge in [-0.3, -0.25) is 14.9 Å². The van der Waals surface area contributed by atoms with Gasteiger partial charge in [0.15, 0.2) is 0 Å². The second kappa shape index (κ2) is 4.90. The van der Waals surface area contributed by atoms with Gasteiger partial charge in [-0.1, -0.05) is 0 Å². The minimum absolute atomic E-state index is 0.192. The molecule has 0 aliphatic heterocycles. The van der Waals surface area contributed by atoms with E-state index in [1.807, 2.05) is 0 Å². The lowest BCUT2D eigenvalue weighted by Crippen LogP contribution is -2.44. The van der Waals surface area contributed by atoms with Gasteiger partial charge in [0, 0.05) is 4.92 Å². The molecule has 0 heterocycles. The third kappa shape index (κ3) is 3.69. The number of esters is 1. The van der Waals surface area contributed by atoms with E-state index in [4.69, 9.17) is 0 Å². The van der Waals surface area contributed by atoms with Crippen molar-refractivity contribution >= 4 is 5.97 Å². The molecule has 0 aromatic carbocycles. The lowest BCUT2D eigenvalue weighted by Gasteiger charge is -2.24. The van der Waals surface area contributed by atoms with Crippen LogP contribution in [0.25, 0.3) is 0 Å². The van der Waals surface area contributed by atoms with Gasteiger partial charge in [0.2, 0.25) is 6.54 Å². The van der Waals surface area contributed by atoms with Crippen molar-refractivity contribution < 1.29 is 19.6 Å². The lowest BCUT2D eigenvalue weighted by molar-refractivity contribution is -0.501. The fourth-order valence-electron chi connectivity index (χ4n) is 0.919. The maximum atomic E-state index is 11.2. The first-order valence-corrected chi connectivity index (χ1v) is 4.32. The molecule has 6 nitrogen and oxygen atoms in total. The second-order valence-corrected chi connectivity index (χ2v) is 3.32. The number of nitrogens with zero attached hydrogens (tertiary/aromatic N) is 1. The van der Waals surface area contributed by atoms with Gasteiger partial charge in [-0.15, -0.1) is 0 Å². The van der Waals surface area contributed by atoms with Crippen LogP contribution in [0.15, 0.2) is 0 Å². The Kier molecular flexibility index (Phi) is 4.49. The molecule has 0 saturated carbocycles. The van der Waals surface area contributed by atoms with E-state index in [1.54, 1.807) is 6.92 Å². The summed E-state index contributed by atoms with van der Waals surface area (Å²) in [6.07, 6.45) is 0. The van der Waals surface area contributed by atoms with E-state index in [2.05, 4.69) is 4.74 Å². The van der Waals surface area contributed by atoms with Crippen molar-refractivity contribution in [3.05, 3.63) is 10.1 Å². The molecule has 0 aliphatic carbocycles. The fourth-order valence-corrected chi connectivity index (χ4v) is 0.919. The summed E-state index contributed by atoms with van der Waals surface area (Å²) in [6, 6.07) is 0. The molecule has 0 spiro atoms. The summed E-state index contributed by atoms with van der Waals surface area (Å²) in [5.41, 5.74) is -1.67. The molecule has 0 fully saturated rings. The molecule has 14 heavy (non-hydrogen) atoms. The molecule has 0 rings (SSSR count). The molecule has 0 unspecified atom stereocenters. The zero-order valence-electron chi connectivity index (χ0n) is 8.52. The maximum Gasteiger partial charge on any atom is 0.311 e. The van der Waals surface area contributed by atoms with Crippen LogP contribution in [-0.4, -0.2) is 34.8 Å². The number of ether oxygens (including phenoxy) is 1.